The van der Waals surface area contributed by atoms with Crippen LogP contribution < -0.4 is 5.32 Å². The van der Waals surface area contributed by atoms with Crippen molar-refractivity contribution in [3.05, 3.63) is 11.6 Å². The molecule has 0 aliphatic carbocycles. The minimum atomic E-state index is 0.307. The van der Waals surface area contributed by atoms with Gasteiger partial charge in [0.25, 0.3) is 0 Å². The van der Waals surface area contributed by atoms with E-state index in [-0.39, 0.29) is 0 Å². The van der Waals surface area contributed by atoms with E-state index in [9.17, 15) is 0 Å². The molecular formula is C18H32N6O. The van der Waals surface area contributed by atoms with E-state index in [2.05, 4.69) is 34.3 Å². The molecule has 2 fully saturated rings. The summed E-state index contributed by atoms with van der Waals surface area (Å²) in [5, 5.41) is 11.9. The third-order valence-corrected chi connectivity index (χ3v) is 5.23. The number of ether oxygens (including phenoxy) is 1. The Balaban J connectivity index is 1.70. The van der Waals surface area contributed by atoms with Crippen LogP contribution in [0.3, 0.4) is 0 Å². The van der Waals surface area contributed by atoms with Gasteiger partial charge < -0.3 is 19.5 Å². The van der Waals surface area contributed by atoms with Crippen molar-refractivity contribution in [1.29, 1.82) is 0 Å². The Morgan fingerprint density at radius 3 is 2.64 bits per heavy atom. The molecule has 0 spiro atoms. The molecule has 25 heavy (non-hydrogen) atoms. The first-order chi connectivity index (χ1) is 12.0. The third-order valence-electron chi connectivity index (χ3n) is 5.23. The lowest BCUT2D eigenvalue weighted by Crippen LogP contribution is -2.50. The average molecular weight is 348 g/mol. The van der Waals surface area contributed by atoms with Crippen LogP contribution in [0.4, 0.5) is 0 Å². The quantitative estimate of drug-likeness (QED) is 0.663. The second kappa shape index (κ2) is 8.17. The van der Waals surface area contributed by atoms with Crippen LogP contribution in [0.15, 0.2) is 4.99 Å². The second-order valence-electron chi connectivity index (χ2n) is 7.73. The minimum absolute atomic E-state index is 0.307. The number of nitrogens with one attached hydrogen (secondary N) is 1. The number of hydrogen-bond acceptors (Lipinski definition) is 4. The van der Waals surface area contributed by atoms with Crippen LogP contribution in [-0.4, -0.2) is 58.0 Å². The van der Waals surface area contributed by atoms with Crippen molar-refractivity contribution in [3.63, 3.8) is 0 Å². The molecule has 2 saturated heterocycles. The highest BCUT2D eigenvalue weighted by atomic mass is 16.5. The fourth-order valence-corrected chi connectivity index (χ4v) is 3.85. The van der Waals surface area contributed by atoms with Gasteiger partial charge in [0.2, 0.25) is 0 Å². The van der Waals surface area contributed by atoms with E-state index in [1.54, 1.807) is 0 Å². The lowest BCUT2D eigenvalue weighted by Gasteiger charge is -2.37. The van der Waals surface area contributed by atoms with E-state index in [0.29, 0.717) is 24.5 Å². The molecule has 3 heterocycles. The van der Waals surface area contributed by atoms with Crippen LogP contribution in [-0.2, 0) is 18.3 Å². The zero-order valence-electron chi connectivity index (χ0n) is 16.0. The molecule has 7 heteroatoms. The smallest absolute Gasteiger partial charge is 0.194 e. The summed E-state index contributed by atoms with van der Waals surface area (Å²) in [5.74, 6) is 4.17. The van der Waals surface area contributed by atoms with E-state index in [1.807, 2.05) is 18.5 Å². The van der Waals surface area contributed by atoms with Gasteiger partial charge in [-0.15, -0.1) is 10.2 Å². The number of likely N-dealkylation sites (tertiary alicyclic amines) is 1. The van der Waals surface area contributed by atoms with Crippen LogP contribution in [0.1, 0.15) is 44.8 Å². The third kappa shape index (κ3) is 4.71. The molecule has 3 rings (SSSR count). The molecule has 0 saturated carbocycles. The summed E-state index contributed by atoms with van der Waals surface area (Å²) in [4.78, 5) is 7.27. The Bertz CT molecular complexity index is 582. The molecule has 0 radical (unpaired) electrons. The Morgan fingerprint density at radius 2 is 2.04 bits per heavy atom. The number of hydrogen-bond donors (Lipinski definition) is 1. The van der Waals surface area contributed by atoms with Crippen molar-refractivity contribution in [2.45, 2.75) is 52.7 Å². The van der Waals surface area contributed by atoms with E-state index >= 15 is 0 Å². The molecule has 1 N–H and O–H groups in total. The Morgan fingerprint density at radius 1 is 1.28 bits per heavy atom. The Kier molecular flexibility index (Phi) is 5.93. The fourth-order valence-electron chi connectivity index (χ4n) is 3.85. The van der Waals surface area contributed by atoms with Crippen molar-refractivity contribution < 1.29 is 4.74 Å². The molecule has 3 unspecified atom stereocenters. The van der Waals surface area contributed by atoms with Crippen molar-refractivity contribution in [1.82, 2.24) is 25.0 Å². The number of guanidine groups is 1. The highest BCUT2D eigenvalue weighted by Crippen LogP contribution is 2.21. The first-order valence-corrected chi connectivity index (χ1v) is 9.52. The van der Waals surface area contributed by atoms with Gasteiger partial charge in [0, 0.05) is 33.3 Å². The standard InChI is InChI=1S/C18H32N6O/c1-13-8-14(2)12-24(11-13)18(19-9-16-6-5-7-25-16)20-10-17-22-21-15(3)23(17)4/h13-14,16H,5-12H2,1-4H3,(H,19,20). The number of aliphatic imine (C=N–C) groups is 1. The summed E-state index contributed by atoms with van der Waals surface area (Å²) in [6, 6.07) is 0. The molecule has 140 valence electrons. The lowest BCUT2D eigenvalue weighted by molar-refractivity contribution is 0.112. The Hall–Kier alpha value is -1.63. The zero-order chi connectivity index (χ0) is 17.8. The predicted molar refractivity (Wildman–Crippen MR) is 98.4 cm³/mol. The number of rotatable bonds is 4. The van der Waals surface area contributed by atoms with Gasteiger partial charge in [0.1, 0.15) is 12.4 Å². The molecule has 0 bridgehead atoms. The maximum Gasteiger partial charge on any atom is 0.194 e. The summed E-state index contributed by atoms with van der Waals surface area (Å²) in [7, 11) is 1.99. The van der Waals surface area contributed by atoms with E-state index < -0.39 is 0 Å². The van der Waals surface area contributed by atoms with Gasteiger partial charge in [0.05, 0.1) is 6.10 Å². The summed E-state index contributed by atoms with van der Waals surface area (Å²) in [5.41, 5.74) is 0. The second-order valence-corrected chi connectivity index (χ2v) is 7.73. The predicted octanol–water partition coefficient (Wildman–Crippen LogP) is 1.73. The number of piperidine rings is 1. The molecule has 2 aliphatic rings. The Labute approximate surface area is 150 Å². The van der Waals surface area contributed by atoms with Crippen molar-refractivity contribution in [2.75, 3.05) is 26.2 Å². The summed E-state index contributed by atoms with van der Waals surface area (Å²) in [6.07, 6.45) is 3.89. The van der Waals surface area contributed by atoms with Crippen LogP contribution in [0.25, 0.3) is 0 Å². The van der Waals surface area contributed by atoms with Crippen molar-refractivity contribution >= 4 is 5.96 Å². The van der Waals surface area contributed by atoms with Gasteiger partial charge in [-0.25, -0.2) is 4.99 Å². The maximum absolute atomic E-state index is 5.76. The molecule has 2 aliphatic heterocycles. The number of nitrogens with zero attached hydrogens (tertiary/aromatic N) is 5. The van der Waals surface area contributed by atoms with E-state index in [4.69, 9.17) is 9.73 Å². The molecule has 0 aromatic carbocycles. The van der Waals surface area contributed by atoms with Gasteiger partial charge in [-0.05, 0) is 38.0 Å². The van der Waals surface area contributed by atoms with Gasteiger partial charge in [-0.3, -0.25) is 0 Å². The maximum atomic E-state index is 5.76. The largest absolute Gasteiger partial charge is 0.376 e. The average Bonchev–Trinajstić information content (AvgIpc) is 3.19. The van der Waals surface area contributed by atoms with Crippen molar-refractivity contribution in [2.24, 2.45) is 23.9 Å². The first kappa shape index (κ1) is 18.2. The van der Waals surface area contributed by atoms with Crippen LogP contribution in [0.5, 0.6) is 0 Å². The fraction of sp³-hybridized carbons (Fsp3) is 0.833. The van der Waals surface area contributed by atoms with Gasteiger partial charge in [0.15, 0.2) is 11.8 Å². The highest BCUT2D eigenvalue weighted by molar-refractivity contribution is 5.80. The monoisotopic (exact) mass is 348 g/mol. The highest BCUT2D eigenvalue weighted by Gasteiger charge is 2.25. The van der Waals surface area contributed by atoms with Gasteiger partial charge >= 0.3 is 0 Å². The number of aromatic nitrogens is 3. The van der Waals surface area contributed by atoms with Crippen LogP contribution in [0, 0.1) is 18.8 Å². The van der Waals surface area contributed by atoms with Crippen LogP contribution in [0.2, 0.25) is 0 Å². The summed E-state index contributed by atoms with van der Waals surface area (Å²) >= 11 is 0. The van der Waals surface area contributed by atoms with E-state index in [1.165, 1.54) is 6.42 Å². The molecule has 7 nitrogen and oxygen atoms in total. The van der Waals surface area contributed by atoms with Crippen molar-refractivity contribution in [3.8, 4) is 0 Å². The molecular weight excluding hydrogens is 316 g/mol. The SMILES string of the molecule is Cc1nnc(CN=C(NCC2CCCO2)N2CC(C)CC(C)C2)n1C. The first-order valence-electron chi connectivity index (χ1n) is 9.52. The summed E-state index contributed by atoms with van der Waals surface area (Å²) in [6.45, 7) is 11.0. The minimum Gasteiger partial charge on any atom is -0.376 e. The van der Waals surface area contributed by atoms with Crippen LogP contribution >= 0.6 is 0 Å². The summed E-state index contributed by atoms with van der Waals surface area (Å²) < 4.78 is 7.76. The molecule has 1 aromatic rings. The molecule has 0 amide bonds. The number of aryl methyl sites for hydroxylation is 1. The van der Waals surface area contributed by atoms with E-state index in [0.717, 1.165) is 56.7 Å². The molecule has 1 aromatic heterocycles. The zero-order valence-corrected chi connectivity index (χ0v) is 16.0. The van der Waals surface area contributed by atoms with Gasteiger partial charge in [-0.1, -0.05) is 13.8 Å². The molecule has 3 atom stereocenters. The van der Waals surface area contributed by atoms with Gasteiger partial charge in [-0.2, -0.15) is 0 Å². The topological polar surface area (TPSA) is 67.6 Å². The lowest BCUT2D eigenvalue weighted by atomic mass is 9.92. The normalized spacial score (nSPS) is 27.8.